The molecule has 2 aromatic rings. The molecular formula is C24H28F3N5. The van der Waals surface area contributed by atoms with Gasteiger partial charge < -0.3 is 10.6 Å². The number of aromatic nitrogens is 2. The Morgan fingerprint density at radius 3 is 2.38 bits per heavy atom. The lowest BCUT2D eigenvalue weighted by molar-refractivity contribution is 0.360. The number of hydrogen-bond acceptors (Lipinski definition) is 4. The molecule has 2 fully saturated rings. The van der Waals surface area contributed by atoms with E-state index in [1.165, 1.54) is 12.8 Å². The van der Waals surface area contributed by atoms with Gasteiger partial charge in [0.2, 0.25) is 5.95 Å². The van der Waals surface area contributed by atoms with E-state index in [1.807, 2.05) is 0 Å². The smallest absolute Gasteiger partial charge is 0.223 e. The molecule has 2 aliphatic carbocycles. The van der Waals surface area contributed by atoms with Crippen LogP contribution in [0, 0.1) is 29.3 Å². The minimum absolute atomic E-state index is 0.189. The fourth-order valence-electron chi connectivity index (χ4n) is 5.33. The Balaban J connectivity index is 1.47. The zero-order chi connectivity index (χ0) is 22.2. The van der Waals surface area contributed by atoms with Gasteiger partial charge in [0, 0.05) is 18.2 Å². The highest BCUT2D eigenvalue weighted by Crippen LogP contribution is 2.44. The number of rotatable bonds is 4. The number of aliphatic imine (C=N–C) groups is 1. The zero-order valence-corrected chi connectivity index (χ0v) is 18.2. The molecule has 0 spiro atoms. The molecule has 0 amide bonds. The number of fused-ring (bicyclic) bond motifs is 1. The molecule has 5 rings (SSSR count). The summed E-state index contributed by atoms with van der Waals surface area (Å²) in [5.41, 5.74) is 1.05. The van der Waals surface area contributed by atoms with Crippen LogP contribution in [0.1, 0.15) is 69.9 Å². The van der Waals surface area contributed by atoms with Crippen molar-refractivity contribution in [3.05, 3.63) is 41.5 Å². The third-order valence-corrected chi connectivity index (χ3v) is 7.10. The third kappa shape index (κ3) is 4.19. The van der Waals surface area contributed by atoms with E-state index >= 15 is 0 Å². The first kappa shape index (κ1) is 21.2. The highest BCUT2D eigenvalue weighted by atomic mass is 19.1. The summed E-state index contributed by atoms with van der Waals surface area (Å²) in [5.74, 6) is -1.09. The van der Waals surface area contributed by atoms with Crippen molar-refractivity contribution < 1.29 is 13.2 Å². The van der Waals surface area contributed by atoms with Gasteiger partial charge in [0.25, 0.3) is 0 Å². The molecule has 170 valence electrons. The number of nitrogens with zero attached hydrogens (tertiary/aromatic N) is 3. The Morgan fingerprint density at radius 2 is 1.69 bits per heavy atom. The van der Waals surface area contributed by atoms with Gasteiger partial charge >= 0.3 is 0 Å². The maximum atomic E-state index is 14.3. The predicted octanol–water partition coefficient (Wildman–Crippen LogP) is 6.31. The molecule has 0 radical (unpaired) electrons. The van der Waals surface area contributed by atoms with Crippen LogP contribution in [0.2, 0.25) is 0 Å². The van der Waals surface area contributed by atoms with E-state index in [2.05, 4.69) is 27.5 Å². The maximum Gasteiger partial charge on any atom is 0.223 e. The maximum absolute atomic E-state index is 14.3. The Morgan fingerprint density at radius 1 is 1.00 bits per heavy atom. The molecule has 1 aliphatic heterocycles. The SMILES string of the molecule is CC1CCC(Nc2ncc3c(n2)C(C2CCCC2)C(=Nc2c(F)cc(F)cc2F)N3)CC1. The predicted molar refractivity (Wildman–Crippen MR) is 119 cm³/mol. The molecule has 0 saturated heterocycles. The standard InChI is InChI=1S/C24H28F3N5/c1-13-6-8-16(9-7-13)29-24-28-12-19-22(32-24)20(14-4-2-3-5-14)23(30-19)31-21-17(26)10-15(25)11-18(21)27/h10-14,16,20H,2-9H2,1H3,(H,30,31)(H,28,29,32). The molecule has 5 nitrogen and oxygen atoms in total. The first-order valence-electron chi connectivity index (χ1n) is 11.6. The quantitative estimate of drug-likeness (QED) is 0.581. The Hall–Kier alpha value is -2.64. The average molecular weight is 444 g/mol. The minimum atomic E-state index is -1.02. The van der Waals surface area contributed by atoms with Crippen molar-refractivity contribution in [1.82, 2.24) is 9.97 Å². The van der Waals surface area contributed by atoms with Crippen LogP contribution < -0.4 is 10.6 Å². The van der Waals surface area contributed by atoms with E-state index in [-0.39, 0.29) is 11.8 Å². The lowest BCUT2D eigenvalue weighted by atomic mass is 9.87. The van der Waals surface area contributed by atoms with Gasteiger partial charge in [-0.25, -0.2) is 28.1 Å². The lowest BCUT2D eigenvalue weighted by Gasteiger charge is -2.27. The van der Waals surface area contributed by atoms with E-state index in [1.54, 1.807) is 6.20 Å². The van der Waals surface area contributed by atoms with Crippen LogP contribution in [-0.2, 0) is 0 Å². The summed E-state index contributed by atoms with van der Waals surface area (Å²) in [4.78, 5) is 13.6. The second kappa shape index (κ2) is 8.71. The van der Waals surface area contributed by atoms with Gasteiger partial charge in [-0.15, -0.1) is 0 Å². The summed E-state index contributed by atoms with van der Waals surface area (Å²) in [6, 6.07) is 1.67. The van der Waals surface area contributed by atoms with Gasteiger partial charge in [-0.3, -0.25) is 0 Å². The summed E-state index contributed by atoms with van der Waals surface area (Å²) < 4.78 is 41.9. The molecule has 1 aromatic heterocycles. The molecule has 2 saturated carbocycles. The second-order valence-electron chi connectivity index (χ2n) is 9.46. The molecular weight excluding hydrogens is 415 g/mol. The van der Waals surface area contributed by atoms with Crippen molar-refractivity contribution in [1.29, 1.82) is 0 Å². The van der Waals surface area contributed by atoms with Crippen molar-refractivity contribution in [3.63, 3.8) is 0 Å². The molecule has 2 heterocycles. The Kier molecular flexibility index (Phi) is 5.78. The Labute approximate surface area is 186 Å². The number of nitrogens with one attached hydrogen (secondary N) is 2. The van der Waals surface area contributed by atoms with Gasteiger partial charge in [0.05, 0.1) is 23.5 Å². The molecule has 3 aliphatic rings. The summed E-state index contributed by atoms with van der Waals surface area (Å²) in [5, 5.41) is 6.67. The third-order valence-electron chi connectivity index (χ3n) is 7.10. The number of amidine groups is 1. The van der Waals surface area contributed by atoms with Crippen LogP contribution in [0.25, 0.3) is 0 Å². The summed E-state index contributed by atoms with van der Waals surface area (Å²) >= 11 is 0. The number of benzene rings is 1. The average Bonchev–Trinajstić information content (AvgIpc) is 3.39. The van der Waals surface area contributed by atoms with E-state index in [4.69, 9.17) is 4.98 Å². The van der Waals surface area contributed by atoms with E-state index in [0.29, 0.717) is 35.6 Å². The Bertz CT molecular complexity index is 1000. The van der Waals surface area contributed by atoms with Crippen molar-refractivity contribution >= 4 is 23.2 Å². The first-order valence-corrected chi connectivity index (χ1v) is 11.6. The molecule has 1 aromatic carbocycles. The van der Waals surface area contributed by atoms with Crippen LogP contribution in [0.5, 0.6) is 0 Å². The second-order valence-corrected chi connectivity index (χ2v) is 9.46. The van der Waals surface area contributed by atoms with Gasteiger partial charge in [-0.1, -0.05) is 19.8 Å². The van der Waals surface area contributed by atoms with Crippen molar-refractivity contribution in [3.8, 4) is 0 Å². The molecule has 32 heavy (non-hydrogen) atoms. The fourth-order valence-corrected chi connectivity index (χ4v) is 5.33. The molecule has 2 N–H and O–H groups in total. The highest BCUT2D eigenvalue weighted by Gasteiger charge is 2.39. The van der Waals surface area contributed by atoms with Gasteiger partial charge in [0.1, 0.15) is 17.3 Å². The molecule has 8 heteroatoms. The van der Waals surface area contributed by atoms with Gasteiger partial charge in [-0.2, -0.15) is 0 Å². The van der Waals surface area contributed by atoms with E-state index in [0.717, 1.165) is 50.1 Å². The van der Waals surface area contributed by atoms with Crippen LogP contribution in [0.3, 0.4) is 0 Å². The largest absolute Gasteiger partial charge is 0.351 e. The summed E-state index contributed by atoms with van der Waals surface area (Å²) in [6.07, 6.45) is 10.5. The first-order chi connectivity index (χ1) is 15.5. The fraction of sp³-hybridized carbons (Fsp3) is 0.542. The van der Waals surface area contributed by atoms with Gasteiger partial charge in [0.15, 0.2) is 11.6 Å². The summed E-state index contributed by atoms with van der Waals surface area (Å²) in [7, 11) is 0. The lowest BCUT2D eigenvalue weighted by Crippen LogP contribution is -2.26. The zero-order valence-electron chi connectivity index (χ0n) is 18.2. The van der Waals surface area contributed by atoms with Crippen LogP contribution in [-0.4, -0.2) is 21.8 Å². The number of anilines is 2. The van der Waals surface area contributed by atoms with Crippen molar-refractivity contribution in [2.45, 2.75) is 70.3 Å². The van der Waals surface area contributed by atoms with E-state index < -0.39 is 23.1 Å². The van der Waals surface area contributed by atoms with Crippen molar-refractivity contribution in [2.75, 3.05) is 10.6 Å². The minimum Gasteiger partial charge on any atom is -0.351 e. The number of hydrogen-bond donors (Lipinski definition) is 2. The topological polar surface area (TPSA) is 62.2 Å². The molecule has 1 atom stereocenters. The number of halogens is 3. The van der Waals surface area contributed by atoms with Crippen LogP contribution in [0.4, 0.5) is 30.5 Å². The summed E-state index contributed by atoms with van der Waals surface area (Å²) in [6.45, 7) is 2.29. The molecule has 0 bridgehead atoms. The van der Waals surface area contributed by atoms with Crippen LogP contribution in [0.15, 0.2) is 23.3 Å². The normalized spacial score (nSPS) is 26.9. The monoisotopic (exact) mass is 443 g/mol. The van der Waals surface area contributed by atoms with Gasteiger partial charge in [-0.05, 0) is 50.4 Å². The van der Waals surface area contributed by atoms with Crippen LogP contribution >= 0.6 is 0 Å². The van der Waals surface area contributed by atoms with Crippen molar-refractivity contribution in [2.24, 2.45) is 16.8 Å². The van der Waals surface area contributed by atoms with E-state index in [9.17, 15) is 13.2 Å². The highest BCUT2D eigenvalue weighted by molar-refractivity contribution is 6.07. The molecule has 1 unspecified atom stereocenters.